The number of amides is 1. The van der Waals surface area contributed by atoms with Crippen molar-refractivity contribution < 1.29 is 22.7 Å². The maximum absolute atomic E-state index is 12.7. The lowest BCUT2D eigenvalue weighted by molar-refractivity contribution is -0.137. The van der Waals surface area contributed by atoms with Crippen LogP contribution in [0.3, 0.4) is 0 Å². The van der Waals surface area contributed by atoms with E-state index in [0.29, 0.717) is 12.4 Å². The third kappa shape index (κ3) is 5.10. The zero-order valence-electron chi connectivity index (χ0n) is 14.1. The van der Waals surface area contributed by atoms with Crippen molar-refractivity contribution in [2.75, 3.05) is 11.9 Å². The van der Waals surface area contributed by atoms with Gasteiger partial charge in [0.15, 0.2) is 6.61 Å². The molecule has 0 fully saturated rings. The van der Waals surface area contributed by atoms with Gasteiger partial charge in [-0.15, -0.1) is 0 Å². The number of alkyl halides is 3. The summed E-state index contributed by atoms with van der Waals surface area (Å²) in [7, 11) is 0. The normalized spacial score (nSPS) is 11.2. The van der Waals surface area contributed by atoms with Crippen LogP contribution in [0.4, 0.5) is 19.0 Å². The number of nitrogens with zero attached hydrogens (tertiary/aromatic N) is 2. The van der Waals surface area contributed by atoms with E-state index in [1.54, 1.807) is 16.9 Å². The number of carbonyl (C=O) groups excluding carboxylic acids is 1. The first-order valence-corrected chi connectivity index (χ1v) is 8.07. The third-order valence-electron chi connectivity index (χ3n) is 3.69. The number of ether oxygens (including phenoxy) is 1. The van der Waals surface area contributed by atoms with Crippen molar-refractivity contribution in [3.05, 3.63) is 78.0 Å². The summed E-state index contributed by atoms with van der Waals surface area (Å²) in [6, 6.07) is 15.6. The molecule has 1 heterocycles. The molecule has 2 aromatic carbocycles. The topological polar surface area (TPSA) is 56.1 Å². The Labute approximate surface area is 153 Å². The molecule has 0 unspecified atom stereocenters. The van der Waals surface area contributed by atoms with Gasteiger partial charge in [0.25, 0.3) is 5.91 Å². The molecule has 0 radical (unpaired) electrons. The van der Waals surface area contributed by atoms with Crippen LogP contribution >= 0.6 is 0 Å². The van der Waals surface area contributed by atoms with Crippen LogP contribution in [0.5, 0.6) is 5.75 Å². The van der Waals surface area contributed by atoms with Crippen molar-refractivity contribution in [1.29, 1.82) is 0 Å². The number of anilines is 1. The highest BCUT2D eigenvalue weighted by atomic mass is 19.4. The molecule has 5 nitrogen and oxygen atoms in total. The maximum Gasteiger partial charge on any atom is 0.416 e. The summed E-state index contributed by atoms with van der Waals surface area (Å²) in [4.78, 5) is 12.1. The monoisotopic (exact) mass is 375 g/mol. The van der Waals surface area contributed by atoms with Gasteiger partial charge in [0.2, 0.25) is 0 Å². The summed E-state index contributed by atoms with van der Waals surface area (Å²) in [6.45, 7) is 0.0514. The van der Waals surface area contributed by atoms with Crippen molar-refractivity contribution >= 4 is 11.7 Å². The van der Waals surface area contributed by atoms with E-state index in [2.05, 4.69) is 10.4 Å². The van der Waals surface area contributed by atoms with Crippen molar-refractivity contribution in [1.82, 2.24) is 9.78 Å². The average Bonchev–Trinajstić information content (AvgIpc) is 3.07. The number of hydrogen-bond donors (Lipinski definition) is 1. The van der Waals surface area contributed by atoms with Crippen LogP contribution in [0.1, 0.15) is 11.1 Å². The Morgan fingerprint density at radius 2 is 1.85 bits per heavy atom. The van der Waals surface area contributed by atoms with E-state index in [1.807, 2.05) is 30.3 Å². The fourth-order valence-corrected chi connectivity index (χ4v) is 2.41. The zero-order valence-corrected chi connectivity index (χ0v) is 14.1. The van der Waals surface area contributed by atoms with Crippen LogP contribution in [0.2, 0.25) is 0 Å². The lowest BCUT2D eigenvalue weighted by Crippen LogP contribution is -2.22. The molecule has 0 aliphatic rings. The fourth-order valence-electron chi connectivity index (χ4n) is 2.41. The van der Waals surface area contributed by atoms with E-state index in [9.17, 15) is 18.0 Å². The molecule has 8 heteroatoms. The van der Waals surface area contributed by atoms with Crippen molar-refractivity contribution in [3.63, 3.8) is 0 Å². The van der Waals surface area contributed by atoms with E-state index < -0.39 is 24.3 Å². The van der Waals surface area contributed by atoms with Crippen LogP contribution < -0.4 is 10.1 Å². The number of rotatable bonds is 6. The second-order valence-electron chi connectivity index (χ2n) is 5.72. The maximum atomic E-state index is 12.7. The Morgan fingerprint density at radius 3 is 2.59 bits per heavy atom. The van der Waals surface area contributed by atoms with Gasteiger partial charge in [0.1, 0.15) is 11.6 Å². The highest BCUT2D eigenvalue weighted by molar-refractivity contribution is 5.91. The number of aromatic nitrogens is 2. The molecule has 27 heavy (non-hydrogen) atoms. The first-order valence-electron chi connectivity index (χ1n) is 8.07. The summed E-state index contributed by atoms with van der Waals surface area (Å²) < 4.78 is 44.9. The number of hydrogen-bond acceptors (Lipinski definition) is 3. The lowest BCUT2D eigenvalue weighted by atomic mass is 10.2. The summed E-state index contributed by atoms with van der Waals surface area (Å²) in [5.74, 6) is -0.0588. The third-order valence-corrected chi connectivity index (χ3v) is 3.69. The molecular formula is C19H16F3N3O2. The number of benzene rings is 2. The number of nitrogens with one attached hydrogen (secondary N) is 1. The summed E-state index contributed by atoms with van der Waals surface area (Å²) in [6.07, 6.45) is -2.92. The van der Waals surface area contributed by atoms with E-state index in [-0.39, 0.29) is 5.75 Å². The SMILES string of the molecule is O=C(COc1cccc(C(F)(F)F)c1)Nc1ccnn1Cc1ccccc1. The van der Waals surface area contributed by atoms with Crippen LogP contribution in [-0.4, -0.2) is 22.3 Å². The van der Waals surface area contributed by atoms with Crippen molar-refractivity contribution in [3.8, 4) is 5.75 Å². The molecular weight excluding hydrogens is 359 g/mol. The van der Waals surface area contributed by atoms with Gasteiger partial charge in [-0.3, -0.25) is 4.79 Å². The Balaban J connectivity index is 1.58. The van der Waals surface area contributed by atoms with Gasteiger partial charge in [-0.1, -0.05) is 36.4 Å². The molecule has 0 saturated heterocycles. The van der Waals surface area contributed by atoms with E-state index in [0.717, 1.165) is 17.7 Å². The average molecular weight is 375 g/mol. The quantitative estimate of drug-likeness (QED) is 0.709. The minimum absolute atomic E-state index is 0.0298. The lowest BCUT2D eigenvalue weighted by Gasteiger charge is -2.11. The predicted molar refractivity (Wildman–Crippen MR) is 93.3 cm³/mol. The summed E-state index contributed by atoms with van der Waals surface area (Å²) in [5, 5.41) is 6.80. The molecule has 0 bridgehead atoms. The van der Waals surface area contributed by atoms with Gasteiger partial charge in [0.05, 0.1) is 18.3 Å². The minimum atomic E-state index is -4.47. The minimum Gasteiger partial charge on any atom is -0.484 e. The van der Waals surface area contributed by atoms with Crippen molar-refractivity contribution in [2.24, 2.45) is 0 Å². The summed E-state index contributed by atoms with van der Waals surface area (Å²) >= 11 is 0. The highest BCUT2D eigenvalue weighted by Gasteiger charge is 2.30. The van der Waals surface area contributed by atoms with Crippen LogP contribution in [0.25, 0.3) is 0 Å². The van der Waals surface area contributed by atoms with Crippen LogP contribution in [0, 0.1) is 0 Å². The summed E-state index contributed by atoms with van der Waals surface area (Å²) in [5.41, 5.74) is 0.179. The Morgan fingerprint density at radius 1 is 1.07 bits per heavy atom. The molecule has 3 rings (SSSR count). The second kappa shape index (κ2) is 7.94. The first kappa shape index (κ1) is 18.5. The van der Waals surface area contributed by atoms with E-state index >= 15 is 0 Å². The standard InChI is InChI=1S/C19H16F3N3O2/c20-19(21,22)15-7-4-8-16(11-15)27-13-18(26)24-17-9-10-23-25(17)12-14-5-2-1-3-6-14/h1-11H,12-13H2,(H,24,26). The molecule has 0 aliphatic heterocycles. The van der Waals surface area contributed by atoms with Gasteiger partial charge in [-0.25, -0.2) is 4.68 Å². The smallest absolute Gasteiger partial charge is 0.416 e. The molecule has 1 N–H and O–H groups in total. The largest absolute Gasteiger partial charge is 0.484 e. The molecule has 1 aromatic heterocycles. The second-order valence-corrected chi connectivity index (χ2v) is 5.72. The van der Waals surface area contributed by atoms with Crippen LogP contribution in [0.15, 0.2) is 66.9 Å². The predicted octanol–water partition coefficient (Wildman–Crippen LogP) is 3.97. The zero-order chi connectivity index (χ0) is 19.3. The Bertz CT molecular complexity index is 908. The van der Waals surface area contributed by atoms with E-state index in [4.69, 9.17) is 4.74 Å². The Kier molecular flexibility index (Phi) is 5.44. The van der Waals surface area contributed by atoms with Crippen LogP contribution in [-0.2, 0) is 17.5 Å². The molecule has 3 aromatic rings. The number of halogens is 3. The van der Waals surface area contributed by atoms with Crippen molar-refractivity contribution in [2.45, 2.75) is 12.7 Å². The van der Waals surface area contributed by atoms with Gasteiger partial charge in [-0.05, 0) is 23.8 Å². The fraction of sp³-hybridized carbons (Fsp3) is 0.158. The molecule has 140 valence electrons. The van der Waals surface area contributed by atoms with Gasteiger partial charge in [0, 0.05) is 6.07 Å². The highest BCUT2D eigenvalue weighted by Crippen LogP contribution is 2.31. The van der Waals surface area contributed by atoms with Gasteiger partial charge in [-0.2, -0.15) is 18.3 Å². The molecule has 0 atom stereocenters. The molecule has 1 amide bonds. The number of carbonyl (C=O) groups is 1. The Hall–Kier alpha value is -3.29. The van der Waals surface area contributed by atoms with Gasteiger partial charge < -0.3 is 10.1 Å². The first-order chi connectivity index (χ1) is 12.9. The molecule has 0 aliphatic carbocycles. The molecule has 0 saturated carbocycles. The van der Waals surface area contributed by atoms with Gasteiger partial charge >= 0.3 is 6.18 Å². The van der Waals surface area contributed by atoms with E-state index in [1.165, 1.54) is 12.1 Å². The molecule has 0 spiro atoms.